The summed E-state index contributed by atoms with van der Waals surface area (Å²) in [4.78, 5) is 0. The topological polar surface area (TPSA) is 77.4 Å². The summed E-state index contributed by atoms with van der Waals surface area (Å²) in [6.45, 7) is 2.26. The first-order chi connectivity index (χ1) is 14.0. The molecule has 30 heavy (non-hydrogen) atoms. The van der Waals surface area contributed by atoms with Crippen molar-refractivity contribution in [1.29, 1.82) is 0 Å². The zero-order valence-electron chi connectivity index (χ0n) is 20.2. The van der Waals surface area contributed by atoms with Crippen LogP contribution in [0.2, 0.25) is 0 Å². The van der Waals surface area contributed by atoms with Crippen LogP contribution in [-0.2, 0) is 10.1 Å². The first-order valence-corrected chi connectivity index (χ1v) is 14.1. The molecule has 0 heterocycles. The third kappa shape index (κ3) is 28.9. The monoisotopic (exact) mass is 456 g/mol. The van der Waals surface area contributed by atoms with Crippen LogP contribution in [0.3, 0.4) is 0 Å². The molecule has 0 aromatic rings. The predicted molar refractivity (Wildman–Crippen MR) is 123 cm³/mol. The van der Waals surface area contributed by atoms with Gasteiger partial charge in [0.2, 0.25) is 0 Å². The standard InChI is InChI=1S/C24H50O4S.Na/c1-2-3-4-5-6-7-8-9-12-15-18-21-24(25)22-19-16-13-10-11-14-17-20-23-29(26,27)28;/h24-25H,2-23H2,1H3,(H,26,27,28);/q;+1/p-1. The van der Waals surface area contributed by atoms with Gasteiger partial charge >= 0.3 is 29.6 Å². The molecule has 0 aliphatic rings. The number of unbranched alkanes of at least 4 members (excludes halogenated alkanes) is 17. The van der Waals surface area contributed by atoms with E-state index in [-0.39, 0.29) is 41.4 Å². The Kier molecular flexibility index (Phi) is 27.0. The Bertz CT molecular complexity index is 429. The van der Waals surface area contributed by atoms with Crippen LogP contribution >= 0.6 is 0 Å². The first-order valence-electron chi connectivity index (χ1n) is 12.6. The van der Waals surface area contributed by atoms with Gasteiger partial charge in [-0.25, -0.2) is 8.42 Å². The van der Waals surface area contributed by atoms with Gasteiger partial charge in [-0.05, 0) is 19.3 Å². The Morgan fingerprint density at radius 3 is 1.23 bits per heavy atom. The second kappa shape index (κ2) is 24.5. The van der Waals surface area contributed by atoms with Crippen molar-refractivity contribution in [2.75, 3.05) is 5.75 Å². The van der Waals surface area contributed by atoms with Gasteiger partial charge in [-0.1, -0.05) is 122 Å². The van der Waals surface area contributed by atoms with Crippen LogP contribution in [0.15, 0.2) is 0 Å². The molecule has 0 bridgehead atoms. The van der Waals surface area contributed by atoms with Crippen molar-refractivity contribution >= 4 is 10.1 Å². The van der Waals surface area contributed by atoms with Crippen molar-refractivity contribution in [2.45, 2.75) is 148 Å². The minimum absolute atomic E-state index is 0. The van der Waals surface area contributed by atoms with Crippen molar-refractivity contribution in [3.8, 4) is 0 Å². The molecular weight excluding hydrogens is 407 g/mol. The smallest absolute Gasteiger partial charge is 0.748 e. The molecule has 4 nitrogen and oxygen atoms in total. The van der Waals surface area contributed by atoms with Gasteiger partial charge in [0, 0.05) is 5.75 Å². The van der Waals surface area contributed by atoms with Crippen LogP contribution in [0.4, 0.5) is 0 Å². The molecule has 6 heteroatoms. The molecule has 0 aromatic carbocycles. The summed E-state index contributed by atoms with van der Waals surface area (Å²) in [5.74, 6) is -0.218. The van der Waals surface area contributed by atoms with Crippen LogP contribution < -0.4 is 29.6 Å². The average molecular weight is 457 g/mol. The number of hydrogen-bond acceptors (Lipinski definition) is 4. The third-order valence-corrected chi connectivity index (χ3v) is 6.61. The molecule has 1 unspecified atom stereocenters. The zero-order chi connectivity index (χ0) is 21.6. The van der Waals surface area contributed by atoms with E-state index in [0.717, 1.165) is 44.9 Å². The number of aliphatic hydroxyl groups excluding tert-OH is 1. The van der Waals surface area contributed by atoms with Crippen LogP contribution in [-0.4, -0.2) is 29.9 Å². The Hall–Kier alpha value is 0.870. The van der Waals surface area contributed by atoms with Crippen LogP contribution in [0.5, 0.6) is 0 Å². The van der Waals surface area contributed by atoms with E-state index in [1.54, 1.807) is 0 Å². The van der Waals surface area contributed by atoms with E-state index in [9.17, 15) is 18.1 Å². The van der Waals surface area contributed by atoms with Crippen molar-refractivity contribution in [3.63, 3.8) is 0 Å². The molecular formula is C24H49NaO4S. The van der Waals surface area contributed by atoms with Crippen LogP contribution in [0, 0.1) is 0 Å². The molecule has 0 amide bonds. The van der Waals surface area contributed by atoms with Crippen LogP contribution in [0.1, 0.15) is 142 Å². The summed E-state index contributed by atoms with van der Waals surface area (Å²) in [6.07, 6.45) is 24.7. The van der Waals surface area contributed by atoms with E-state index in [2.05, 4.69) is 6.92 Å². The largest absolute Gasteiger partial charge is 1.00 e. The Balaban J connectivity index is 0. The number of rotatable bonds is 23. The predicted octanol–water partition coefficient (Wildman–Crippen LogP) is 4.11. The van der Waals surface area contributed by atoms with Crippen molar-refractivity contribution < 1.29 is 47.6 Å². The van der Waals surface area contributed by atoms with E-state index in [4.69, 9.17) is 0 Å². The fraction of sp³-hybridized carbons (Fsp3) is 1.00. The van der Waals surface area contributed by atoms with Gasteiger partial charge in [0.05, 0.1) is 16.2 Å². The minimum Gasteiger partial charge on any atom is -0.748 e. The minimum atomic E-state index is -4.03. The van der Waals surface area contributed by atoms with E-state index in [0.29, 0.717) is 6.42 Å². The zero-order valence-corrected chi connectivity index (χ0v) is 23.0. The molecule has 176 valence electrons. The summed E-state index contributed by atoms with van der Waals surface area (Å²) in [5, 5.41) is 10.1. The van der Waals surface area contributed by atoms with Gasteiger partial charge in [-0.3, -0.25) is 0 Å². The second-order valence-corrected chi connectivity index (χ2v) is 10.4. The SMILES string of the molecule is CCCCCCCCCCCCCC(O)CCCCCCCCCCS(=O)(=O)[O-].[Na+]. The summed E-state index contributed by atoms with van der Waals surface area (Å²) in [7, 11) is -4.03. The molecule has 0 saturated heterocycles. The quantitative estimate of drug-likeness (QED) is 0.143. The number of hydrogen-bond donors (Lipinski definition) is 1. The van der Waals surface area contributed by atoms with E-state index < -0.39 is 10.1 Å². The van der Waals surface area contributed by atoms with Crippen molar-refractivity contribution in [2.24, 2.45) is 0 Å². The van der Waals surface area contributed by atoms with Crippen molar-refractivity contribution in [1.82, 2.24) is 0 Å². The van der Waals surface area contributed by atoms with Gasteiger partial charge in [-0.15, -0.1) is 0 Å². The summed E-state index contributed by atoms with van der Waals surface area (Å²) in [5.41, 5.74) is 0. The van der Waals surface area contributed by atoms with E-state index >= 15 is 0 Å². The first kappa shape index (κ1) is 33.0. The molecule has 1 N–H and O–H groups in total. The molecule has 0 aliphatic heterocycles. The second-order valence-electron chi connectivity index (χ2n) is 8.86. The maximum Gasteiger partial charge on any atom is 1.00 e. The van der Waals surface area contributed by atoms with Gasteiger partial charge in [0.25, 0.3) is 0 Å². The normalized spacial score (nSPS) is 12.6. The van der Waals surface area contributed by atoms with Crippen molar-refractivity contribution in [3.05, 3.63) is 0 Å². The number of aliphatic hydroxyl groups is 1. The average Bonchev–Trinajstić information content (AvgIpc) is 2.66. The van der Waals surface area contributed by atoms with E-state index in [1.807, 2.05) is 0 Å². The van der Waals surface area contributed by atoms with Gasteiger partial charge in [-0.2, -0.15) is 0 Å². The maximum absolute atomic E-state index is 10.5. The molecule has 0 aromatic heterocycles. The van der Waals surface area contributed by atoms with E-state index in [1.165, 1.54) is 83.5 Å². The fourth-order valence-corrected chi connectivity index (χ4v) is 4.47. The van der Waals surface area contributed by atoms with Crippen LogP contribution in [0.25, 0.3) is 0 Å². The molecule has 1 atom stereocenters. The Labute approximate surface area is 210 Å². The molecule has 0 radical (unpaired) electrons. The Morgan fingerprint density at radius 1 is 0.600 bits per heavy atom. The summed E-state index contributed by atoms with van der Waals surface area (Å²) >= 11 is 0. The Morgan fingerprint density at radius 2 is 0.900 bits per heavy atom. The fourth-order valence-electron chi connectivity index (χ4n) is 3.91. The summed E-state index contributed by atoms with van der Waals surface area (Å²) < 4.78 is 31.5. The van der Waals surface area contributed by atoms with Gasteiger partial charge in [0.1, 0.15) is 0 Å². The van der Waals surface area contributed by atoms with Gasteiger partial charge < -0.3 is 9.66 Å². The summed E-state index contributed by atoms with van der Waals surface area (Å²) in [6, 6.07) is 0. The maximum atomic E-state index is 10.5. The molecule has 0 fully saturated rings. The third-order valence-electron chi connectivity index (χ3n) is 5.82. The molecule has 0 spiro atoms. The molecule has 0 rings (SSSR count). The molecule has 0 aliphatic carbocycles. The van der Waals surface area contributed by atoms with Gasteiger partial charge in [0.15, 0.2) is 0 Å². The molecule has 0 saturated carbocycles.